The standard InChI is InChI=1S/C13H26N2O4S/c1-9(2)5-11(6-12(16)17)7-14-13(18)15-10(3)8-20(4)19/h9-11H,5-8H2,1-4H3,(H,16,17)(H2,14,15,18). The summed E-state index contributed by atoms with van der Waals surface area (Å²) in [7, 11) is -0.961. The van der Waals surface area contributed by atoms with Gasteiger partial charge >= 0.3 is 12.0 Å². The number of amides is 2. The molecular weight excluding hydrogens is 280 g/mol. The van der Waals surface area contributed by atoms with Crippen LogP contribution < -0.4 is 10.6 Å². The molecule has 0 saturated carbocycles. The monoisotopic (exact) mass is 306 g/mol. The van der Waals surface area contributed by atoms with Crippen LogP contribution in [0, 0.1) is 11.8 Å². The van der Waals surface area contributed by atoms with Gasteiger partial charge in [-0.2, -0.15) is 0 Å². The molecule has 0 aliphatic rings. The van der Waals surface area contributed by atoms with Crippen LogP contribution in [0.25, 0.3) is 0 Å². The minimum atomic E-state index is -0.961. The molecule has 0 aromatic heterocycles. The highest BCUT2D eigenvalue weighted by atomic mass is 32.2. The Morgan fingerprint density at radius 2 is 1.85 bits per heavy atom. The van der Waals surface area contributed by atoms with E-state index in [1.165, 1.54) is 0 Å². The highest BCUT2D eigenvalue weighted by molar-refractivity contribution is 7.84. The van der Waals surface area contributed by atoms with Gasteiger partial charge in [-0.3, -0.25) is 9.00 Å². The molecule has 6 nitrogen and oxygen atoms in total. The van der Waals surface area contributed by atoms with Crippen LogP contribution in [0.4, 0.5) is 4.79 Å². The second kappa shape index (κ2) is 9.74. The second-order valence-corrected chi connectivity index (χ2v) is 7.07. The number of hydrogen-bond acceptors (Lipinski definition) is 3. The molecule has 3 atom stereocenters. The average molecular weight is 306 g/mol. The molecule has 0 fully saturated rings. The molecule has 0 aliphatic heterocycles. The summed E-state index contributed by atoms with van der Waals surface area (Å²) in [4.78, 5) is 22.4. The summed E-state index contributed by atoms with van der Waals surface area (Å²) in [6, 6.07) is -0.522. The van der Waals surface area contributed by atoms with Gasteiger partial charge in [-0.1, -0.05) is 13.8 Å². The highest BCUT2D eigenvalue weighted by Gasteiger charge is 2.16. The van der Waals surface area contributed by atoms with E-state index in [1.807, 2.05) is 13.8 Å². The number of nitrogens with one attached hydrogen (secondary N) is 2. The average Bonchev–Trinajstić information content (AvgIpc) is 2.22. The molecule has 0 heterocycles. The van der Waals surface area contributed by atoms with Crippen molar-refractivity contribution in [1.82, 2.24) is 10.6 Å². The van der Waals surface area contributed by atoms with E-state index in [0.29, 0.717) is 18.2 Å². The van der Waals surface area contributed by atoms with Crippen LogP contribution in [0.5, 0.6) is 0 Å². The number of carboxylic acids is 1. The Labute approximate surface area is 123 Å². The van der Waals surface area contributed by atoms with Crippen LogP contribution in [0.3, 0.4) is 0 Å². The Morgan fingerprint density at radius 1 is 1.25 bits per heavy atom. The Bertz CT molecular complexity index is 347. The minimum Gasteiger partial charge on any atom is -0.481 e. The molecule has 0 spiro atoms. The van der Waals surface area contributed by atoms with Crippen molar-refractivity contribution in [3.63, 3.8) is 0 Å². The third kappa shape index (κ3) is 10.8. The number of aliphatic carboxylic acids is 1. The zero-order chi connectivity index (χ0) is 15.7. The van der Waals surface area contributed by atoms with E-state index >= 15 is 0 Å². The molecule has 0 aromatic carbocycles. The quantitative estimate of drug-likeness (QED) is 0.596. The lowest BCUT2D eigenvalue weighted by molar-refractivity contribution is -0.138. The largest absolute Gasteiger partial charge is 0.481 e. The van der Waals surface area contributed by atoms with E-state index < -0.39 is 16.8 Å². The van der Waals surface area contributed by atoms with Crippen molar-refractivity contribution in [3.05, 3.63) is 0 Å². The van der Waals surface area contributed by atoms with Crippen molar-refractivity contribution < 1.29 is 18.9 Å². The van der Waals surface area contributed by atoms with E-state index in [1.54, 1.807) is 13.2 Å². The summed E-state index contributed by atoms with van der Waals surface area (Å²) >= 11 is 0. The van der Waals surface area contributed by atoms with Crippen molar-refractivity contribution in [2.45, 2.75) is 39.7 Å². The molecule has 0 aliphatic carbocycles. The molecule has 0 saturated heterocycles. The van der Waals surface area contributed by atoms with E-state index in [-0.39, 0.29) is 24.4 Å². The zero-order valence-electron chi connectivity index (χ0n) is 12.6. The van der Waals surface area contributed by atoms with Crippen LogP contribution in [0.2, 0.25) is 0 Å². The van der Waals surface area contributed by atoms with E-state index in [4.69, 9.17) is 5.11 Å². The van der Waals surface area contributed by atoms with Gasteiger partial charge in [0.25, 0.3) is 0 Å². The third-order valence-corrected chi connectivity index (χ3v) is 3.65. The maximum absolute atomic E-state index is 11.6. The molecule has 118 valence electrons. The number of hydrogen-bond donors (Lipinski definition) is 3. The molecule has 0 aromatic rings. The Kier molecular flexibility index (Phi) is 9.20. The summed E-state index contributed by atoms with van der Waals surface area (Å²) < 4.78 is 11.0. The zero-order valence-corrected chi connectivity index (χ0v) is 13.5. The van der Waals surface area contributed by atoms with Gasteiger partial charge in [-0.25, -0.2) is 4.79 Å². The third-order valence-electron chi connectivity index (χ3n) is 2.68. The van der Waals surface area contributed by atoms with Crippen molar-refractivity contribution in [2.75, 3.05) is 18.6 Å². The normalized spacial score (nSPS) is 15.4. The first-order valence-corrected chi connectivity index (χ1v) is 8.49. The van der Waals surface area contributed by atoms with E-state index in [2.05, 4.69) is 10.6 Å². The molecule has 0 radical (unpaired) electrons. The maximum atomic E-state index is 11.6. The summed E-state index contributed by atoms with van der Waals surface area (Å²) in [6.45, 7) is 6.16. The predicted octanol–water partition coefficient (Wildman–Crippen LogP) is 1.19. The van der Waals surface area contributed by atoms with Crippen molar-refractivity contribution in [1.29, 1.82) is 0 Å². The molecule has 0 rings (SSSR count). The molecule has 7 heteroatoms. The van der Waals surface area contributed by atoms with Crippen molar-refractivity contribution in [2.24, 2.45) is 11.8 Å². The van der Waals surface area contributed by atoms with Gasteiger partial charge in [-0.05, 0) is 25.2 Å². The molecule has 2 amide bonds. The second-order valence-electron chi connectivity index (χ2n) is 5.59. The number of carbonyl (C=O) groups excluding carboxylic acids is 1. The topological polar surface area (TPSA) is 95.5 Å². The van der Waals surface area contributed by atoms with Crippen molar-refractivity contribution in [3.8, 4) is 0 Å². The fourth-order valence-electron chi connectivity index (χ4n) is 2.06. The summed E-state index contributed by atoms with van der Waals surface area (Å²) in [5.74, 6) is -0.148. The SMILES string of the molecule is CC(C)CC(CNC(=O)NC(C)CS(C)=O)CC(=O)O. The van der Waals surface area contributed by atoms with Gasteiger partial charge in [0.15, 0.2) is 0 Å². The Balaban J connectivity index is 4.15. The first-order chi connectivity index (χ1) is 9.20. The van der Waals surface area contributed by atoms with E-state index in [9.17, 15) is 13.8 Å². The molecule has 20 heavy (non-hydrogen) atoms. The van der Waals surface area contributed by atoms with Gasteiger partial charge in [0.1, 0.15) is 0 Å². The van der Waals surface area contributed by atoms with Crippen LogP contribution in [0.15, 0.2) is 0 Å². The van der Waals surface area contributed by atoms with Gasteiger partial charge in [-0.15, -0.1) is 0 Å². The number of urea groups is 1. The summed E-state index contributed by atoms with van der Waals surface area (Å²) in [5.41, 5.74) is 0. The minimum absolute atomic E-state index is 0.0486. The Hall–Kier alpha value is -1.11. The summed E-state index contributed by atoms with van der Waals surface area (Å²) in [5, 5.41) is 14.2. The number of carboxylic acid groups (broad SMARTS) is 1. The van der Waals surface area contributed by atoms with Gasteiger partial charge in [0.05, 0.1) is 0 Å². The predicted molar refractivity (Wildman–Crippen MR) is 80.1 cm³/mol. The van der Waals surface area contributed by atoms with Gasteiger partial charge < -0.3 is 15.7 Å². The van der Waals surface area contributed by atoms with Crippen LogP contribution in [-0.4, -0.2) is 45.9 Å². The number of rotatable bonds is 9. The fraction of sp³-hybridized carbons (Fsp3) is 0.846. The van der Waals surface area contributed by atoms with E-state index in [0.717, 1.165) is 6.42 Å². The number of carbonyl (C=O) groups is 2. The molecule has 3 unspecified atom stereocenters. The lowest BCUT2D eigenvalue weighted by Crippen LogP contribution is -2.44. The lowest BCUT2D eigenvalue weighted by Gasteiger charge is -2.19. The van der Waals surface area contributed by atoms with Crippen LogP contribution in [-0.2, 0) is 15.6 Å². The highest BCUT2D eigenvalue weighted by Crippen LogP contribution is 2.14. The van der Waals surface area contributed by atoms with Crippen LogP contribution in [0.1, 0.15) is 33.6 Å². The first kappa shape index (κ1) is 18.9. The molecular formula is C13H26N2O4S. The Morgan fingerprint density at radius 3 is 2.30 bits per heavy atom. The molecule has 3 N–H and O–H groups in total. The maximum Gasteiger partial charge on any atom is 0.315 e. The van der Waals surface area contributed by atoms with Gasteiger partial charge in [0.2, 0.25) is 0 Å². The smallest absolute Gasteiger partial charge is 0.315 e. The lowest BCUT2D eigenvalue weighted by atomic mass is 9.94. The summed E-state index contributed by atoms with van der Waals surface area (Å²) in [6.07, 6.45) is 2.38. The fourth-order valence-corrected chi connectivity index (χ4v) is 2.85. The van der Waals surface area contributed by atoms with Crippen LogP contribution >= 0.6 is 0 Å². The van der Waals surface area contributed by atoms with Crippen molar-refractivity contribution >= 4 is 22.8 Å². The van der Waals surface area contributed by atoms with Gasteiger partial charge in [0, 0.05) is 41.8 Å². The molecule has 0 bridgehead atoms. The first-order valence-electron chi connectivity index (χ1n) is 6.76.